The molecule has 0 aromatic rings. The van der Waals surface area contributed by atoms with Crippen molar-refractivity contribution in [2.45, 2.75) is 40.2 Å². The lowest BCUT2D eigenvalue weighted by molar-refractivity contribution is 0.197. The summed E-state index contributed by atoms with van der Waals surface area (Å²) in [5.74, 6) is 0. The number of nitrogens with zero attached hydrogens (tertiary/aromatic N) is 2. The molecule has 0 saturated heterocycles. The maximum Gasteiger partial charge on any atom is 0.0560 e. The van der Waals surface area contributed by atoms with Crippen molar-refractivity contribution in [1.29, 1.82) is 0 Å². The Kier molecular flexibility index (Phi) is 2.33. The molecule has 0 N–H and O–H groups in total. The average Bonchev–Trinajstić information content (AvgIpc) is 1.98. The molecule has 0 atom stereocenters. The lowest BCUT2D eigenvalue weighted by Crippen LogP contribution is -2.38. The third kappa shape index (κ3) is 1.82. The molecule has 0 aromatic carbocycles. The molecule has 2 heteroatoms. The fourth-order valence-electron chi connectivity index (χ4n) is 1.28. The number of allylic oxidation sites excluding steroid dienone is 2. The van der Waals surface area contributed by atoms with Crippen LogP contribution in [-0.4, -0.2) is 16.8 Å². The standard InChI is InChI=1S/C11H18N2/c1-8-7-12-13(11(4,5)6)10(3)9(8)2/h7H,3H2,1-2,4-6H3. The van der Waals surface area contributed by atoms with Crippen LogP contribution in [-0.2, 0) is 0 Å². The quantitative estimate of drug-likeness (QED) is 0.557. The van der Waals surface area contributed by atoms with E-state index in [9.17, 15) is 0 Å². The van der Waals surface area contributed by atoms with Crippen LogP contribution in [0.1, 0.15) is 34.6 Å². The fraction of sp³-hybridized carbons (Fsp3) is 0.545. The third-order valence-corrected chi connectivity index (χ3v) is 2.28. The molecule has 0 unspecified atom stereocenters. The fourth-order valence-corrected chi connectivity index (χ4v) is 1.28. The summed E-state index contributed by atoms with van der Waals surface area (Å²) in [5.41, 5.74) is 3.44. The van der Waals surface area contributed by atoms with Crippen LogP contribution < -0.4 is 0 Å². The van der Waals surface area contributed by atoms with Gasteiger partial charge >= 0.3 is 0 Å². The van der Waals surface area contributed by atoms with Gasteiger partial charge in [0.05, 0.1) is 17.5 Å². The van der Waals surface area contributed by atoms with Gasteiger partial charge in [-0.25, -0.2) is 0 Å². The van der Waals surface area contributed by atoms with Gasteiger partial charge in [-0.1, -0.05) is 6.58 Å². The van der Waals surface area contributed by atoms with Gasteiger partial charge < -0.3 is 0 Å². The molecule has 1 aliphatic heterocycles. The van der Waals surface area contributed by atoms with Crippen molar-refractivity contribution in [2.75, 3.05) is 0 Å². The molecule has 13 heavy (non-hydrogen) atoms. The Balaban J connectivity index is 3.01. The van der Waals surface area contributed by atoms with Gasteiger partial charge in [0.1, 0.15) is 0 Å². The second kappa shape index (κ2) is 3.02. The van der Waals surface area contributed by atoms with E-state index < -0.39 is 0 Å². The van der Waals surface area contributed by atoms with Crippen molar-refractivity contribution in [2.24, 2.45) is 5.10 Å². The van der Waals surface area contributed by atoms with Gasteiger partial charge in [0.25, 0.3) is 0 Å². The molecular weight excluding hydrogens is 160 g/mol. The first-order valence-electron chi connectivity index (χ1n) is 4.55. The minimum atomic E-state index is 0.00947. The van der Waals surface area contributed by atoms with E-state index in [0.29, 0.717) is 0 Å². The number of rotatable bonds is 0. The molecular formula is C11H18N2. The van der Waals surface area contributed by atoms with E-state index in [4.69, 9.17) is 0 Å². The van der Waals surface area contributed by atoms with Gasteiger partial charge in [-0.3, -0.25) is 5.01 Å². The molecule has 0 spiro atoms. The lowest BCUT2D eigenvalue weighted by atomic mass is 10.0. The zero-order chi connectivity index (χ0) is 10.2. The lowest BCUT2D eigenvalue weighted by Gasteiger charge is -2.36. The van der Waals surface area contributed by atoms with E-state index >= 15 is 0 Å². The summed E-state index contributed by atoms with van der Waals surface area (Å²) < 4.78 is 0. The molecule has 1 rings (SSSR count). The number of hydrazone groups is 1. The van der Waals surface area contributed by atoms with Crippen LogP contribution in [0.3, 0.4) is 0 Å². The summed E-state index contributed by atoms with van der Waals surface area (Å²) >= 11 is 0. The van der Waals surface area contributed by atoms with Gasteiger partial charge in [-0.2, -0.15) is 5.10 Å². The van der Waals surface area contributed by atoms with Gasteiger partial charge in [-0.15, -0.1) is 0 Å². The molecule has 2 nitrogen and oxygen atoms in total. The van der Waals surface area contributed by atoms with Crippen molar-refractivity contribution in [1.82, 2.24) is 5.01 Å². The zero-order valence-electron chi connectivity index (χ0n) is 9.18. The maximum absolute atomic E-state index is 4.36. The highest BCUT2D eigenvalue weighted by molar-refractivity contribution is 5.81. The largest absolute Gasteiger partial charge is 0.261 e. The van der Waals surface area contributed by atoms with Crippen LogP contribution in [0.15, 0.2) is 28.5 Å². The highest BCUT2D eigenvalue weighted by Crippen LogP contribution is 2.27. The third-order valence-electron chi connectivity index (χ3n) is 2.28. The minimum Gasteiger partial charge on any atom is -0.261 e. The van der Waals surface area contributed by atoms with E-state index in [1.54, 1.807) is 0 Å². The van der Waals surface area contributed by atoms with E-state index in [0.717, 1.165) is 5.70 Å². The van der Waals surface area contributed by atoms with Gasteiger partial charge in [0, 0.05) is 0 Å². The Hall–Kier alpha value is -1.05. The Morgan fingerprint density at radius 2 is 1.85 bits per heavy atom. The highest BCUT2D eigenvalue weighted by atomic mass is 15.5. The van der Waals surface area contributed by atoms with E-state index in [1.165, 1.54) is 11.1 Å². The Morgan fingerprint density at radius 1 is 1.31 bits per heavy atom. The first kappa shape index (κ1) is 10.0. The second-order valence-corrected chi connectivity index (χ2v) is 4.48. The predicted molar refractivity (Wildman–Crippen MR) is 57.6 cm³/mol. The first-order chi connectivity index (χ1) is 5.84. The second-order valence-electron chi connectivity index (χ2n) is 4.48. The monoisotopic (exact) mass is 178 g/mol. The van der Waals surface area contributed by atoms with Crippen molar-refractivity contribution in [3.05, 3.63) is 23.4 Å². The smallest absolute Gasteiger partial charge is 0.0560 e. The summed E-state index contributed by atoms with van der Waals surface area (Å²) in [6, 6.07) is 0. The molecule has 0 aliphatic carbocycles. The molecule has 0 radical (unpaired) electrons. The van der Waals surface area contributed by atoms with Gasteiger partial charge in [-0.05, 0) is 45.8 Å². The normalized spacial score (nSPS) is 18.5. The van der Waals surface area contributed by atoms with Crippen LogP contribution in [0, 0.1) is 0 Å². The van der Waals surface area contributed by atoms with Crippen LogP contribution in [0.5, 0.6) is 0 Å². The Bertz CT molecular complexity index is 290. The molecule has 0 aromatic heterocycles. The van der Waals surface area contributed by atoms with Crippen molar-refractivity contribution < 1.29 is 0 Å². The molecule has 0 amide bonds. The number of hydrogen-bond acceptors (Lipinski definition) is 2. The summed E-state index contributed by atoms with van der Waals surface area (Å²) in [5, 5.41) is 6.33. The first-order valence-corrected chi connectivity index (χ1v) is 4.55. The van der Waals surface area contributed by atoms with Crippen LogP contribution in [0.4, 0.5) is 0 Å². The van der Waals surface area contributed by atoms with Crippen LogP contribution in [0.25, 0.3) is 0 Å². The summed E-state index contributed by atoms with van der Waals surface area (Å²) in [6.07, 6.45) is 1.90. The van der Waals surface area contributed by atoms with Crippen molar-refractivity contribution >= 4 is 6.21 Å². The average molecular weight is 178 g/mol. The molecule has 72 valence electrons. The van der Waals surface area contributed by atoms with E-state index in [1.807, 2.05) is 11.2 Å². The Labute approximate surface area is 80.6 Å². The molecule has 0 saturated carbocycles. The van der Waals surface area contributed by atoms with E-state index in [2.05, 4.69) is 46.3 Å². The molecule has 0 fully saturated rings. The minimum absolute atomic E-state index is 0.00947. The van der Waals surface area contributed by atoms with Crippen molar-refractivity contribution in [3.63, 3.8) is 0 Å². The topological polar surface area (TPSA) is 15.6 Å². The maximum atomic E-state index is 4.36. The van der Waals surface area contributed by atoms with Crippen LogP contribution in [0.2, 0.25) is 0 Å². The Morgan fingerprint density at radius 3 is 2.31 bits per heavy atom. The number of hydrogen-bond donors (Lipinski definition) is 0. The predicted octanol–water partition coefficient (Wildman–Crippen LogP) is 2.94. The molecule has 0 bridgehead atoms. The van der Waals surface area contributed by atoms with Crippen molar-refractivity contribution in [3.8, 4) is 0 Å². The SMILES string of the molecule is C=C1C(C)=C(C)C=NN1C(C)(C)C. The molecule has 1 aliphatic rings. The van der Waals surface area contributed by atoms with Crippen LogP contribution >= 0.6 is 0 Å². The summed E-state index contributed by atoms with van der Waals surface area (Å²) in [7, 11) is 0. The van der Waals surface area contributed by atoms with E-state index in [-0.39, 0.29) is 5.54 Å². The van der Waals surface area contributed by atoms with Gasteiger partial charge in [0.15, 0.2) is 0 Å². The summed E-state index contributed by atoms with van der Waals surface area (Å²) in [6.45, 7) is 14.6. The highest BCUT2D eigenvalue weighted by Gasteiger charge is 2.25. The summed E-state index contributed by atoms with van der Waals surface area (Å²) in [4.78, 5) is 0. The molecule has 1 heterocycles. The van der Waals surface area contributed by atoms with Gasteiger partial charge in [0.2, 0.25) is 0 Å². The zero-order valence-corrected chi connectivity index (χ0v) is 9.18.